The minimum Gasteiger partial charge on any atom is -0.464 e. The van der Waals surface area contributed by atoms with Gasteiger partial charge >= 0.3 is 5.97 Å². The van der Waals surface area contributed by atoms with Crippen molar-refractivity contribution < 1.29 is 9.53 Å². The molecule has 6 heteroatoms. The van der Waals surface area contributed by atoms with Gasteiger partial charge in [0, 0.05) is 24.9 Å². The third-order valence-electron chi connectivity index (χ3n) is 2.36. The maximum Gasteiger partial charge on any atom is 0.302 e. The Bertz CT molecular complexity index is 540. The van der Waals surface area contributed by atoms with Crippen LogP contribution in [-0.2, 0) is 16.1 Å². The highest BCUT2D eigenvalue weighted by atomic mass is 79.9. The second kappa shape index (κ2) is 5.77. The number of halogens is 1. The number of esters is 1. The van der Waals surface area contributed by atoms with Gasteiger partial charge in [0.1, 0.15) is 6.61 Å². The van der Waals surface area contributed by atoms with Crippen molar-refractivity contribution in [1.82, 2.24) is 14.8 Å². The third-order valence-corrected chi connectivity index (χ3v) is 2.94. The first-order valence-corrected chi connectivity index (χ1v) is 6.23. The Balaban J connectivity index is 2.20. The van der Waals surface area contributed by atoms with E-state index >= 15 is 0 Å². The highest BCUT2D eigenvalue weighted by Crippen LogP contribution is 2.27. The average molecular weight is 310 g/mol. The van der Waals surface area contributed by atoms with Crippen LogP contribution in [0.4, 0.5) is 0 Å². The Labute approximate surface area is 113 Å². The first kappa shape index (κ1) is 12.8. The Morgan fingerprint density at radius 2 is 2.17 bits per heavy atom. The number of ether oxygens (including phenoxy) is 1. The van der Waals surface area contributed by atoms with Crippen LogP contribution in [0.25, 0.3) is 11.3 Å². The predicted molar refractivity (Wildman–Crippen MR) is 69.8 cm³/mol. The summed E-state index contributed by atoms with van der Waals surface area (Å²) < 4.78 is 7.61. The van der Waals surface area contributed by atoms with Crippen LogP contribution >= 0.6 is 15.9 Å². The summed E-state index contributed by atoms with van der Waals surface area (Å²) in [6, 6.07) is 3.81. The van der Waals surface area contributed by atoms with E-state index < -0.39 is 0 Å². The van der Waals surface area contributed by atoms with E-state index in [2.05, 4.69) is 26.0 Å². The summed E-state index contributed by atoms with van der Waals surface area (Å²) in [7, 11) is 0. The number of nitrogens with zero attached hydrogens (tertiary/aromatic N) is 3. The van der Waals surface area contributed by atoms with E-state index in [9.17, 15) is 4.79 Å². The lowest BCUT2D eigenvalue weighted by molar-refractivity contribution is -0.141. The fourth-order valence-electron chi connectivity index (χ4n) is 1.60. The summed E-state index contributed by atoms with van der Waals surface area (Å²) in [6.45, 7) is 2.22. The molecule has 2 aromatic rings. The average Bonchev–Trinajstić information content (AvgIpc) is 2.71. The summed E-state index contributed by atoms with van der Waals surface area (Å²) in [5.41, 5.74) is 1.96. The Morgan fingerprint density at radius 1 is 1.44 bits per heavy atom. The number of hydrogen-bond donors (Lipinski definition) is 0. The topological polar surface area (TPSA) is 57.0 Å². The van der Waals surface area contributed by atoms with Gasteiger partial charge in [0.05, 0.1) is 22.9 Å². The summed E-state index contributed by atoms with van der Waals surface area (Å²) in [5, 5.41) is 4.25. The van der Waals surface area contributed by atoms with E-state index in [0.717, 1.165) is 15.7 Å². The second-order valence-corrected chi connectivity index (χ2v) is 4.49. The largest absolute Gasteiger partial charge is 0.464 e. The molecule has 0 aliphatic heterocycles. The first-order chi connectivity index (χ1) is 8.68. The van der Waals surface area contributed by atoms with Crippen LogP contribution in [0.15, 0.2) is 35.2 Å². The van der Waals surface area contributed by atoms with Crippen molar-refractivity contribution >= 4 is 21.9 Å². The molecule has 0 fully saturated rings. The molecule has 0 atom stereocenters. The molecule has 0 radical (unpaired) electrons. The number of carbonyl (C=O) groups is 1. The van der Waals surface area contributed by atoms with Crippen molar-refractivity contribution in [3.05, 3.63) is 35.2 Å². The van der Waals surface area contributed by atoms with Crippen LogP contribution in [0.2, 0.25) is 0 Å². The molecule has 0 amide bonds. The summed E-state index contributed by atoms with van der Waals surface area (Å²) >= 11 is 3.46. The zero-order valence-corrected chi connectivity index (χ0v) is 11.4. The van der Waals surface area contributed by atoms with Crippen molar-refractivity contribution in [2.75, 3.05) is 6.61 Å². The lowest BCUT2D eigenvalue weighted by Gasteiger charge is -2.08. The van der Waals surface area contributed by atoms with Gasteiger partial charge in [0.15, 0.2) is 0 Å². The molecule has 5 nitrogen and oxygen atoms in total. The molecule has 0 bridgehead atoms. The van der Waals surface area contributed by atoms with Crippen LogP contribution in [0.3, 0.4) is 0 Å². The number of pyridine rings is 1. The van der Waals surface area contributed by atoms with Gasteiger partial charge in [-0.2, -0.15) is 5.10 Å². The van der Waals surface area contributed by atoms with Crippen LogP contribution in [0.1, 0.15) is 6.92 Å². The SMILES string of the molecule is CC(=O)OCCn1ncc(Br)c1-c1ccncc1. The van der Waals surface area contributed by atoms with Gasteiger partial charge in [-0.15, -0.1) is 0 Å². The van der Waals surface area contributed by atoms with E-state index in [0.29, 0.717) is 13.2 Å². The highest BCUT2D eigenvalue weighted by Gasteiger charge is 2.11. The summed E-state index contributed by atoms with van der Waals surface area (Å²) in [5.74, 6) is -0.285. The molecule has 0 saturated heterocycles. The second-order valence-electron chi connectivity index (χ2n) is 3.64. The molecule has 0 spiro atoms. The molecular weight excluding hydrogens is 298 g/mol. The number of aromatic nitrogens is 3. The summed E-state index contributed by atoms with van der Waals surface area (Å²) in [6.07, 6.45) is 5.18. The minimum atomic E-state index is -0.285. The Morgan fingerprint density at radius 3 is 2.83 bits per heavy atom. The predicted octanol–water partition coefficient (Wildman–Crippen LogP) is 2.27. The molecule has 2 aromatic heterocycles. The normalized spacial score (nSPS) is 10.3. The molecule has 0 aromatic carbocycles. The van der Waals surface area contributed by atoms with Gasteiger partial charge in [0.2, 0.25) is 0 Å². The minimum absolute atomic E-state index is 0.285. The maximum absolute atomic E-state index is 10.7. The quantitative estimate of drug-likeness (QED) is 0.813. The monoisotopic (exact) mass is 309 g/mol. The molecule has 2 rings (SSSR count). The van der Waals surface area contributed by atoms with Crippen LogP contribution < -0.4 is 0 Å². The van der Waals surface area contributed by atoms with Gasteiger partial charge in [-0.3, -0.25) is 14.5 Å². The van der Waals surface area contributed by atoms with Crippen molar-refractivity contribution in [3.8, 4) is 11.3 Å². The molecular formula is C12H12BrN3O2. The smallest absolute Gasteiger partial charge is 0.302 e. The zero-order chi connectivity index (χ0) is 13.0. The lowest BCUT2D eigenvalue weighted by Crippen LogP contribution is -2.10. The van der Waals surface area contributed by atoms with Gasteiger partial charge in [0.25, 0.3) is 0 Å². The zero-order valence-electron chi connectivity index (χ0n) is 9.84. The van der Waals surface area contributed by atoms with E-state index in [1.54, 1.807) is 23.3 Å². The molecule has 2 heterocycles. The summed E-state index contributed by atoms with van der Waals surface area (Å²) in [4.78, 5) is 14.7. The van der Waals surface area contributed by atoms with Crippen molar-refractivity contribution in [3.63, 3.8) is 0 Å². The molecule has 0 aliphatic carbocycles. The third kappa shape index (κ3) is 2.95. The fraction of sp³-hybridized carbons (Fsp3) is 0.250. The van der Waals surface area contributed by atoms with Gasteiger partial charge in [-0.05, 0) is 28.1 Å². The van der Waals surface area contributed by atoms with E-state index in [-0.39, 0.29) is 5.97 Å². The maximum atomic E-state index is 10.7. The molecule has 18 heavy (non-hydrogen) atoms. The molecule has 0 aliphatic rings. The van der Waals surface area contributed by atoms with E-state index in [1.807, 2.05) is 12.1 Å². The van der Waals surface area contributed by atoms with Gasteiger partial charge < -0.3 is 4.74 Å². The fourth-order valence-corrected chi connectivity index (χ4v) is 2.13. The van der Waals surface area contributed by atoms with Crippen LogP contribution in [0.5, 0.6) is 0 Å². The van der Waals surface area contributed by atoms with E-state index in [1.165, 1.54) is 6.92 Å². The van der Waals surface area contributed by atoms with Crippen molar-refractivity contribution in [2.24, 2.45) is 0 Å². The van der Waals surface area contributed by atoms with E-state index in [4.69, 9.17) is 4.74 Å². The Hall–Kier alpha value is -1.69. The molecule has 94 valence electrons. The van der Waals surface area contributed by atoms with Crippen LogP contribution in [-0.4, -0.2) is 27.3 Å². The number of hydrogen-bond acceptors (Lipinski definition) is 4. The molecule has 0 saturated carbocycles. The first-order valence-electron chi connectivity index (χ1n) is 5.43. The van der Waals surface area contributed by atoms with Gasteiger partial charge in [-0.1, -0.05) is 0 Å². The molecule has 0 unspecified atom stereocenters. The van der Waals surface area contributed by atoms with Crippen molar-refractivity contribution in [2.45, 2.75) is 13.5 Å². The standard InChI is InChI=1S/C12H12BrN3O2/c1-9(17)18-7-6-16-12(11(13)8-15-16)10-2-4-14-5-3-10/h2-5,8H,6-7H2,1H3. The number of carbonyl (C=O) groups excluding carboxylic acids is 1. The Kier molecular flexibility index (Phi) is 4.09. The molecule has 0 N–H and O–H groups in total. The van der Waals surface area contributed by atoms with Crippen LogP contribution in [0, 0.1) is 0 Å². The van der Waals surface area contributed by atoms with Crippen molar-refractivity contribution in [1.29, 1.82) is 0 Å². The number of rotatable bonds is 4. The highest BCUT2D eigenvalue weighted by molar-refractivity contribution is 9.10. The lowest BCUT2D eigenvalue weighted by atomic mass is 10.2. The van der Waals surface area contributed by atoms with Gasteiger partial charge in [-0.25, -0.2) is 0 Å².